The Morgan fingerprint density at radius 1 is 0.949 bits per heavy atom. The molecule has 0 saturated heterocycles. The zero-order valence-corrected chi connectivity index (χ0v) is 22.4. The first-order chi connectivity index (χ1) is 18.7. The van der Waals surface area contributed by atoms with E-state index in [0.29, 0.717) is 38.4 Å². The quantitative estimate of drug-likeness (QED) is 0.527. The second kappa shape index (κ2) is 15.1. The van der Waals surface area contributed by atoms with Gasteiger partial charge in [0.2, 0.25) is 5.95 Å². The van der Waals surface area contributed by atoms with Crippen LogP contribution in [0.3, 0.4) is 0 Å². The molecular weight excluding hydrogens is 513 g/mol. The minimum absolute atomic E-state index is 0.188. The molecule has 2 N–H and O–H groups in total. The van der Waals surface area contributed by atoms with E-state index in [9.17, 15) is 18.0 Å². The standard InChI is InChI=1S/C27H37F3N6O3/c1-20-22-12-10-21(11-13-22)18-23-33-24(35-25(34-23)39-19-27(28,29)30)32-14-7-5-3-4-6-8-16-36(26(37)38-2)17-9-15-31-20/h10-13,31H,1,3-9,14-19H2,2H3,(H,32,33,34,35). The highest BCUT2D eigenvalue weighted by molar-refractivity contribution is 5.67. The van der Waals surface area contributed by atoms with Crippen LogP contribution in [0.25, 0.3) is 5.70 Å². The van der Waals surface area contributed by atoms with E-state index >= 15 is 0 Å². The fraction of sp³-hybridized carbons (Fsp3) is 0.556. The Balaban J connectivity index is 1.71. The zero-order chi connectivity index (χ0) is 28.1. The smallest absolute Gasteiger partial charge is 0.422 e. The molecule has 2 aliphatic heterocycles. The van der Waals surface area contributed by atoms with Crippen LogP contribution in [0.15, 0.2) is 30.8 Å². The summed E-state index contributed by atoms with van der Waals surface area (Å²) in [4.78, 5) is 26.4. The molecular formula is C27H37F3N6O3. The molecule has 0 radical (unpaired) electrons. The third-order valence-corrected chi connectivity index (χ3v) is 6.20. The Bertz CT molecular complexity index is 1070. The first-order valence-corrected chi connectivity index (χ1v) is 13.3. The molecule has 9 nitrogen and oxygen atoms in total. The molecule has 4 bridgehead atoms. The van der Waals surface area contributed by atoms with Gasteiger partial charge in [-0.2, -0.15) is 28.1 Å². The molecule has 2 aliphatic rings. The van der Waals surface area contributed by atoms with Gasteiger partial charge in [-0.15, -0.1) is 0 Å². The van der Waals surface area contributed by atoms with E-state index in [4.69, 9.17) is 9.47 Å². The van der Waals surface area contributed by atoms with Crippen molar-refractivity contribution < 1.29 is 27.4 Å². The van der Waals surface area contributed by atoms with Crippen LogP contribution in [-0.2, 0) is 11.2 Å². The number of aromatic nitrogens is 3. The number of benzene rings is 1. The maximum Gasteiger partial charge on any atom is 0.422 e. The number of carbonyl (C=O) groups excluding carboxylic acids is 1. The molecule has 0 aliphatic carbocycles. The Kier molecular flexibility index (Phi) is 11.6. The van der Waals surface area contributed by atoms with Crippen molar-refractivity contribution in [2.45, 2.75) is 57.5 Å². The van der Waals surface area contributed by atoms with Crippen molar-refractivity contribution in [2.75, 3.05) is 45.2 Å². The van der Waals surface area contributed by atoms with E-state index in [2.05, 4.69) is 32.2 Å². The van der Waals surface area contributed by atoms with Gasteiger partial charge in [0.05, 0.1) is 7.11 Å². The van der Waals surface area contributed by atoms with Gasteiger partial charge in [-0.25, -0.2) is 4.79 Å². The molecule has 4 rings (SSSR count). The summed E-state index contributed by atoms with van der Waals surface area (Å²) in [6.07, 6.45) is 2.04. The summed E-state index contributed by atoms with van der Waals surface area (Å²) in [5.41, 5.74) is 2.52. The van der Waals surface area contributed by atoms with Gasteiger partial charge in [-0.05, 0) is 30.4 Å². The predicted octanol–water partition coefficient (Wildman–Crippen LogP) is 5.19. The summed E-state index contributed by atoms with van der Waals surface area (Å²) in [5.74, 6) is 0.496. The Morgan fingerprint density at radius 2 is 1.62 bits per heavy atom. The number of methoxy groups -OCH3 is 1. The molecule has 39 heavy (non-hydrogen) atoms. The van der Waals surface area contributed by atoms with Crippen LogP contribution in [0.5, 0.6) is 6.01 Å². The lowest BCUT2D eigenvalue weighted by Crippen LogP contribution is -2.34. The van der Waals surface area contributed by atoms with Gasteiger partial charge in [0.15, 0.2) is 6.61 Å². The average molecular weight is 551 g/mol. The minimum Gasteiger partial charge on any atom is -0.454 e. The van der Waals surface area contributed by atoms with Crippen molar-refractivity contribution in [3.8, 4) is 6.01 Å². The molecule has 2 aromatic rings. The number of ether oxygens (including phenoxy) is 2. The highest BCUT2D eigenvalue weighted by Crippen LogP contribution is 2.19. The molecule has 0 unspecified atom stereocenters. The molecule has 1 aromatic heterocycles. The summed E-state index contributed by atoms with van der Waals surface area (Å²) in [6.45, 7) is 5.09. The second-order valence-corrected chi connectivity index (χ2v) is 9.40. The third-order valence-electron chi connectivity index (χ3n) is 6.20. The number of halogens is 3. The first kappa shape index (κ1) is 30.0. The van der Waals surface area contributed by atoms with Crippen LogP contribution < -0.4 is 15.4 Å². The summed E-state index contributed by atoms with van der Waals surface area (Å²) in [5, 5.41) is 6.39. The largest absolute Gasteiger partial charge is 0.454 e. The Labute approximate surface area is 227 Å². The molecule has 12 heteroatoms. The molecule has 0 fully saturated rings. The number of hydrogen-bond acceptors (Lipinski definition) is 8. The number of amides is 1. The van der Waals surface area contributed by atoms with Crippen LogP contribution in [0.4, 0.5) is 23.9 Å². The normalized spacial score (nSPS) is 16.6. The van der Waals surface area contributed by atoms with E-state index in [0.717, 1.165) is 61.8 Å². The molecule has 0 atom stereocenters. The molecule has 3 heterocycles. The van der Waals surface area contributed by atoms with Crippen molar-refractivity contribution in [1.29, 1.82) is 0 Å². The van der Waals surface area contributed by atoms with Crippen molar-refractivity contribution in [1.82, 2.24) is 25.2 Å². The van der Waals surface area contributed by atoms with Gasteiger partial charge in [0, 0.05) is 38.3 Å². The van der Waals surface area contributed by atoms with E-state index < -0.39 is 12.8 Å². The van der Waals surface area contributed by atoms with Crippen LogP contribution in [0.2, 0.25) is 0 Å². The van der Waals surface area contributed by atoms with E-state index in [-0.39, 0.29) is 18.1 Å². The fourth-order valence-electron chi connectivity index (χ4n) is 4.14. The Hall–Kier alpha value is -3.57. The number of nitrogens with one attached hydrogen (secondary N) is 2. The van der Waals surface area contributed by atoms with Gasteiger partial charge in [0.1, 0.15) is 5.82 Å². The highest BCUT2D eigenvalue weighted by atomic mass is 19.4. The van der Waals surface area contributed by atoms with Crippen LogP contribution >= 0.6 is 0 Å². The maximum atomic E-state index is 12.7. The molecule has 214 valence electrons. The number of alkyl halides is 3. The van der Waals surface area contributed by atoms with E-state index in [1.807, 2.05) is 24.3 Å². The lowest BCUT2D eigenvalue weighted by molar-refractivity contribution is -0.154. The lowest BCUT2D eigenvalue weighted by Gasteiger charge is -2.21. The van der Waals surface area contributed by atoms with Crippen LogP contribution in [-0.4, -0.2) is 72.0 Å². The zero-order valence-electron chi connectivity index (χ0n) is 22.4. The minimum atomic E-state index is -4.50. The monoisotopic (exact) mass is 550 g/mol. The van der Waals surface area contributed by atoms with Gasteiger partial charge in [0.25, 0.3) is 0 Å². The third kappa shape index (κ3) is 11.0. The summed E-state index contributed by atoms with van der Waals surface area (Å²) in [7, 11) is 1.40. The van der Waals surface area contributed by atoms with Gasteiger partial charge >= 0.3 is 18.3 Å². The number of fused-ring (bicyclic) bond motifs is 16. The van der Waals surface area contributed by atoms with E-state index in [1.54, 1.807) is 4.90 Å². The van der Waals surface area contributed by atoms with Crippen LogP contribution in [0.1, 0.15) is 61.9 Å². The second-order valence-electron chi connectivity index (χ2n) is 9.40. The number of carbonyl (C=O) groups is 1. The molecule has 1 amide bonds. The Morgan fingerprint density at radius 3 is 2.33 bits per heavy atom. The van der Waals surface area contributed by atoms with Crippen molar-refractivity contribution in [3.63, 3.8) is 0 Å². The SMILES string of the molecule is C=C1NCCCN(C(=O)OC)CCCCCCCCNc2nc(nc(OCC(F)(F)F)n2)Cc2ccc1cc2. The summed E-state index contributed by atoms with van der Waals surface area (Å²) in [6, 6.07) is 7.23. The summed E-state index contributed by atoms with van der Waals surface area (Å²) < 4.78 is 47.8. The van der Waals surface area contributed by atoms with Crippen molar-refractivity contribution in [3.05, 3.63) is 47.8 Å². The average Bonchev–Trinajstić information content (AvgIpc) is 2.91. The topological polar surface area (TPSA) is 102 Å². The fourth-order valence-corrected chi connectivity index (χ4v) is 4.14. The number of hydrogen-bond donors (Lipinski definition) is 2. The lowest BCUT2D eigenvalue weighted by atomic mass is 10.1. The van der Waals surface area contributed by atoms with Gasteiger partial charge in [-0.1, -0.05) is 56.5 Å². The molecule has 1 aromatic carbocycles. The maximum absolute atomic E-state index is 12.7. The highest BCUT2D eigenvalue weighted by Gasteiger charge is 2.29. The van der Waals surface area contributed by atoms with Gasteiger partial charge < -0.3 is 25.0 Å². The molecule has 0 saturated carbocycles. The molecule has 0 spiro atoms. The number of anilines is 1. The van der Waals surface area contributed by atoms with Crippen LogP contribution in [0, 0.1) is 0 Å². The van der Waals surface area contributed by atoms with Crippen molar-refractivity contribution >= 4 is 17.7 Å². The number of nitrogens with zero attached hydrogens (tertiary/aromatic N) is 4. The van der Waals surface area contributed by atoms with Crippen molar-refractivity contribution in [2.24, 2.45) is 0 Å². The first-order valence-electron chi connectivity index (χ1n) is 13.3. The van der Waals surface area contributed by atoms with Gasteiger partial charge in [-0.3, -0.25) is 0 Å². The predicted molar refractivity (Wildman–Crippen MR) is 142 cm³/mol. The van der Waals surface area contributed by atoms with E-state index in [1.165, 1.54) is 7.11 Å². The number of rotatable bonds is 2. The summed E-state index contributed by atoms with van der Waals surface area (Å²) >= 11 is 0.